The van der Waals surface area contributed by atoms with Gasteiger partial charge in [0, 0.05) is 23.4 Å². The van der Waals surface area contributed by atoms with Crippen molar-refractivity contribution in [1.29, 1.82) is 0 Å². The molecule has 0 amide bonds. The van der Waals surface area contributed by atoms with E-state index in [9.17, 15) is 14.7 Å². The first-order valence-corrected chi connectivity index (χ1v) is 6.48. The Morgan fingerprint density at radius 2 is 1.61 bits per heavy atom. The molecule has 0 aliphatic heterocycles. The molecule has 0 N–H and O–H groups in total. The Bertz CT molecular complexity index is 480. The summed E-state index contributed by atoms with van der Waals surface area (Å²) in [5.74, 6) is -1.61. The Kier molecular flexibility index (Phi) is 2.69. The van der Waals surface area contributed by atoms with Crippen molar-refractivity contribution in [2.75, 3.05) is 0 Å². The van der Waals surface area contributed by atoms with Crippen LogP contribution in [0.15, 0.2) is 30.3 Å². The van der Waals surface area contributed by atoms with Crippen molar-refractivity contribution < 1.29 is 14.7 Å². The van der Waals surface area contributed by atoms with Crippen molar-refractivity contribution in [2.45, 2.75) is 19.3 Å². The summed E-state index contributed by atoms with van der Waals surface area (Å²) >= 11 is 0. The summed E-state index contributed by atoms with van der Waals surface area (Å²) in [6.45, 7) is 0. The number of ketones is 1. The highest BCUT2D eigenvalue weighted by molar-refractivity contribution is 6.00. The summed E-state index contributed by atoms with van der Waals surface area (Å²) < 4.78 is 0. The van der Waals surface area contributed by atoms with E-state index in [1.54, 1.807) is 12.1 Å². The summed E-state index contributed by atoms with van der Waals surface area (Å²) in [7, 11) is 0. The lowest BCUT2D eigenvalue weighted by Crippen LogP contribution is -2.42. The number of carboxylic acids is 1. The fraction of sp³-hybridized carbons (Fsp3) is 0.467. The number of carbonyl (C=O) groups is 2. The second-order valence-electron chi connectivity index (χ2n) is 5.43. The largest absolute Gasteiger partial charge is 0.550 e. The minimum absolute atomic E-state index is 0.0167. The molecule has 0 saturated heterocycles. The van der Waals surface area contributed by atoms with E-state index in [1.165, 1.54) is 0 Å². The Labute approximate surface area is 106 Å². The summed E-state index contributed by atoms with van der Waals surface area (Å²) in [5, 5.41) is 11.3. The van der Waals surface area contributed by atoms with E-state index in [2.05, 4.69) is 0 Å². The van der Waals surface area contributed by atoms with E-state index in [1.807, 2.05) is 18.2 Å². The van der Waals surface area contributed by atoms with Gasteiger partial charge >= 0.3 is 0 Å². The smallest absolute Gasteiger partial charge is 0.166 e. The predicted octanol–water partition coefficient (Wildman–Crippen LogP) is 1.28. The van der Waals surface area contributed by atoms with Crippen molar-refractivity contribution in [3.8, 4) is 0 Å². The van der Waals surface area contributed by atoms with E-state index >= 15 is 0 Å². The zero-order chi connectivity index (χ0) is 12.7. The summed E-state index contributed by atoms with van der Waals surface area (Å²) in [6, 6.07) is 9.01. The number of Topliss-reactive ketones (excluding diaryl/α,β-unsaturated/α-hetero) is 1. The topological polar surface area (TPSA) is 57.2 Å². The van der Waals surface area contributed by atoms with Gasteiger partial charge in [0.05, 0.1) is 0 Å². The molecule has 2 bridgehead atoms. The Hall–Kier alpha value is -1.64. The molecular formula is C15H15O3-. The normalized spacial score (nSPS) is 33.6. The van der Waals surface area contributed by atoms with E-state index < -0.39 is 11.9 Å². The van der Waals surface area contributed by atoms with Gasteiger partial charge in [-0.2, -0.15) is 0 Å². The molecule has 0 aromatic heterocycles. The van der Waals surface area contributed by atoms with Crippen LogP contribution in [0.25, 0.3) is 0 Å². The molecule has 3 heteroatoms. The molecule has 4 atom stereocenters. The maximum atomic E-state index is 12.5. The minimum Gasteiger partial charge on any atom is -0.550 e. The fourth-order valence-electron chi connectivity index (χ4n) is 3.80. The SMILES string of the molecule is O=C(c1ccccc1)[C@@H]1[C@@H]2CC[C@@H](C2)[C@@H]1C(=O)[O-]. The third kappa shape index (κ3) is 1.65. The Morgan fingerprint density at radius 1 is 1.00 bits per heavy atom. The van der Waals surface area contributed by atoms with Crippen LogP contribution in [0, 0.1) is 23.7 Å². The average molecular weight is 243 g/mol. The van der Waals surface area contributed by atoms with Gasteiger partial charge in [-0.15, -0.1) is 0 Å². The van der Waals surface area contributed by atoms with Gasteiger partial charge in [-0.05, 0) is 31.1 Å². The maximum Gasteiger partial charge on any atom is 0.166 e. The lowest BCUT2D eigenvalue weighted by Gasteiger charge is -2.30. The van der Waals surface area contributed by atoms with Crippen LogP contribution in [0.2, 0.25) is 0 Å². The highest BCUT2D eigenvalue weighted by Gasteiger charge is 2.51. The van der Waals surface area contributed by atoms with Crippen molar-refractivity contribution in [2.24, 2.45) is 23.7 Å². The molecule has 3 rings (SSSR count). The van der Waals surface area contributed by atoms with Crippen LogP contribution >= 0.6 is 0 Å². The van der Waals surface area contributed by atoms with E-state index in [-0.39, 0.29) is 23.5 Å². The van der Waals surface area contributed by atoms with E-state index in [4.69, 9.17) is 0 Å². The van der Waals surface area contributed by atoms with E-state index in [0.29, 0.717) is 5.56 Å². The maximum absolute atomic E-state index is 12.5. The van der Waals surface area contributed by atoms with Crippen LogP contribution in [0.4, 0.5) is 0 Å². The quantitative estimate of drug-likeness (QED) is 0.751. The van der Waals surface area contributed by atoms with Gasteiger partial charge in [0.2, 0.25) is 0 Å². The van der Waals surface area contributed by atoms with Gasteiger partial charge in [0.25, 0.3) is 0 Å². The molecule has 1 aromatic rings. The second kappa shape index (κ2) is 4.23. The number of fused-ring (bicyclic) bond motifs is 2. The molecule has 2 aliphatic carbocycles. The van der Waals surface area contributed by atoms with Crippen molar-refractivity contribution in [1.82, 2.24) is 0 Å². The molecule has 2 saturated carbocycles. The van der Waals surface area contributed by atoms with Gasteiger partial charge < -0.3 is 9.90 Å². The van der Waals surface area contributed by atoms with Crippen LogP contribution in [0.1, 0.15) is 29.6 Å². The molecular weight excluding hydrogens is 228 g/mol. The summed E-state index contributed by atoms with van der Waals surface area (Å²) in [4.78, 5) is 23.7. The summed E-state index contributed by atoms with van der Waals surface area (Å²) in [5.41, 5.74) is 0.626. The van der Waals surface area contributed by atoms with Gasteiger partial charge in [-0.3, -0.25) is 4.79 Å². The lowest BCUT2D eigenvalue weighted by atomic mass is 9.75. The van der Waals surface area contributed by atoms with Gasteiger partial charge in [-0.1, -0.05) is 30.3 Å². The van der Waals surface area contributed by atoms with Crippen molar-refractivity contribution in [3.05, 3.63) is 35.9 Å². The number of carbonyl (C=O) groups excluding carboxylic acids is 2. The number of benzene rings is 1. The number of rotatable bonds is 3. The molecule has 0 spiro atoms. The van der Waals surface area contributed by atoms with Gasteiger partial charge in [0.15, 0.2) is 5.78 Å². The monoisotopic (exact) mass is 243 g/mol. The molecule has 18 heavy (non-hydrogen) atoms. The molecule has 0 unspecified atom stereocenters. The zero-order valence-electron chi connectivity index (χ0n) is 10.0. The third-order valence-electron chi connectivity index (χ3n) is 4.55. The fourth-order valence-corrected chi connectivity index (χ4v) is 3.80. The number of hydrogen-bond acceptors (Lipinski definition) is 3. The first-order chi connectivity index (χ1) is 8.68. The van der Waals surface area contributed by atoms with E-state index in [0.717, 1.165) is 19.3 Å². The number of carboxylic acid groups (broad SMARTS) is 1. The predicted molar refractivity (Wildman–Crippen MR) is 63.6 cm³/mol. The number of aliphatic carboxylic acids is 1. The highest BCUT2D eigenvalue weighted by atomic mass is 16.4. The molecule has 2 aliphatic rings. The highest BCUT2D eigenvalue weighted by Crippen LogP contribution is 2.53. The standard InChI is InChI=1S/C15H16O3/c16-14(9-4-2-1-3-5-9)12-10-6-7-11(8-10)13(12)15(17)18/h1-5,10-13H,6-8H2,(H,17,18)/p-1/t10-,11+,12-,13+/m1/s1. The van der Waals surface area contributed by atoms with Gasteiger partial charge in [0.1, 0.15) is 0 Å². The van der Waals surface area contributed by atoms with Crippen molar-refractivity contribution in [3.63, 3.8) is 0 Å². The second-order valence-corrected chi connectivity index (χ2v) is 5.43. The zero-order valence-corrected chi connectivity index (χ0v) is 10.0. The average Bonchev–Trinajstić information content (AvgIpc) is 2.99. The Morgan fingerprint density at radius 3 is 2.22 bits per heavy atom. The molecule has 3 nitrogen and oxygen atoms in total. The van der Waals surface area contributed by atoms with Gasteiger partial charge in [-0.25, -0.2) is 0 Å². The minimum atomic E-state index is -1.04. The van der Waals surface area contributed by atoms with Crippen LogP contribution in [0.3, 0.4) is 0 Å². The first kappa shape index (κ1) is 11.5. The van der Waals surface area contributed by atoms with Crippen LogP contribution in [-0.4, -0.2) is 11.8 Å². The molecule has 94 valence electrons. The lowest BCUT2D eigenvalue weighted by molar-refractivity contribution is -0.314. The molecule has 1 aromatic carbocycles. The first-order valence-electron chi connectivity index (χ1n) is 6.48. The van der Waals surface area contributed by atoms with Crippen LogP contribution < -0.4 is 5.11 Å². The third-order valence-corrected chi connectivity index (χ3v) is 4.55. The Balaban J connectivity index is 1.91. The summed E-state index contributed by atoms with van der Waals surface area (Å²) in [6.07, 6.45) is 2.79. The molecule has 2 fully saturated rings. The van der Waals surface area contributed by atoms with Crippen molar-refractivity contribution >= 4 is 11.8 Å². The number of hydrogen-bond donors (Lipinski definition) is 0. The van der Waals surface area contributed by atoms with Crippen LogP contribution in [-0.2, 0) is 4.79 Å². The molecule has 0 heterocycles. The molecule has 0 radical (unpaired) electrons. The van der Waals surface area contributed by atoms with Crippen LogP contribution in [0.5, 0.6) is 0 Å².